The van der Waals surface area contributed by atoms with Gasteiger partial charge in [-0.3, -0.25) is 4.79 Å². The van der Waals surface area contributed by atoms with Crippen LogP contribution in [0, 0.1) is 0 Å². The van der Waals surface area contributed by atoms with Gasteiger partial charge in [-0.25, -0.2) is 5.01 Å². The Bertz CT molecular complexity index is 572. The lowest BCUT2D eigenvalue weighted by atomic mass is 10.3. The number of primary amides is 1. The molecule has 0 fully saturated rings. The smallest absolute Gasteiger partial charge is 0.242 e. The molecule has 0 saturated carbocycles. The van der Waals surface area contributed by atoms with E-state index in [4.69, 9.17) is 5.73 Å². The molecule has 0 bridgehead atoms. The lowest BCUT2D eigenvalue weighted by Crippen LogP contribution is -2.25. The maximum Gasteiger partial charge on any atom is 0.242 e. The predicted octanol–water partition coefficient (Wildman–Crippen LogP) is -0.170. The summed E-state index contributed by atoms with van der Waals surface area (Å²) in [5.74, 6) is -0.495. The van der Waals surface area contributed by atoms with Crippen LogP contribution in [-0.4, -0.2) is 10.9 Å². The topological polar surface area (TPSA) is 58.7 Å². The molecule has 0 aromatic heterocycles. The fourth-order valence-corrected chi connectivity index (χ4v) is 1.35. The zero-order valence-electron chi connectivity index (χ0n) is 8.58. The van der Waals surface area contributed by atoms with Gasteiger partial charge in [0.2, 0.25) is 5.91 Å². The average molecular weight is 213 g/mol. The molecule has 1 heterocycles. The van der Waals surface area contributed by atoms with Crippen LogP contribution in [-0.2, 0) is 4.79 Å². The molecule has 0 aliphatic carbocycles. The van der Waals surface area contributed by atoms with Crippen molar-refractivity contribution in [3.05, 3.63) is 59.4 Å². The van der Waals surface area contributed by atoms with Gasteiger partial charge >= 0.3 is 0 Å². The van der Waals surface area contributed by atoms with Crippen LogP contribution in [0.3, 0.4) is 0 Å². The molecule has 16 heavy (non-hydrogen) atoms. The lowest BCUT2D eigenvalue weighted by molar-refractivity contribution is -0.113. The molecule has 0 unspecified atom stereocenters. The molecular formula is C12H11N3O. The van der Waals surface area contributed by atoms with E-state index in [1.165, 1.54) is 12.3 Å². The third kappa shape index (κ3) is 2.36. The van der Waals surface area contributed by atoms with Crippen molar-refractivity contribution in [2.24, 2.45) is 10.8 Å². The Morgan fingerprint density at radius 3 is 3.00 bits per heavy atom. The van der Waals surface area contributed by atoms with Gasteiger partial charge in [0.1, 0.15) is 0 Å². The fourth-order valence-electron chi connectivity index (χ4n) is 1.35. The number of benzene rings is 1. The van der Waals surface area contributed by atoms with E-state index in [0.29, 0.717) is 0 Å². The van der Waals surface area contributed by atoms with Crippen molar-refractivity contribution >= 4 is 12.0 Å². The summed E-state index contributed by atoms with van der Waals surface area (Å²) in [5.41, 5.74) is 5.02. The summed E-state index contributed by atoms with van der Waals surface area (Å²) in [5, 5.41) is 7.77. The van der Waals surface area contributed by atoms with Crippen molar-refractivity contribution in [2.75, 3.05) is 0 Å². The van der Waals surface area contributed by atoms with Gasteiger partial charge in [0.05, 0.1) is 5.36 Å². The minimum atomic E-state index is -0.495. The quantitative estimate of drug-likeness (QED) is 0.693. The van der Waals surface area contributed by atoms with E-state index in [1.807, 2.05) is 36.4 Å². The Morgan fingerprint density at radius 2 is 2.19 bits per heavy atom. The SMILES string of the molecule is NC(=O)C=CN1C=CC=c2ccccc2=N1. The van der Waals surface area contributed by atoms with Crippen LogP contribution in [0.4, 0.5) is 0 Å². The van der Waals surface area contributed by atoms with Crippen LogP contribution in [0.25, 0.3) is 6.08 Å². The number of hydrogen-bond acceptors (Lipinski definition) is 3. The van der Waals surface area contributed by atoms with Crippen LogP contribution >= 0.6 is 0 Å². The molecule has 1 aromatic rings. The first-order valence-electron chi connectivity index (χ1n) is 4.84. The first-order chi connectivity index (χ1) is 7.75. The summed E-state index contributed by atoms with van der Waals surface area (Å²) in [6.45, 7) is 0. The monoisotopic (exact) mass is 213 g/mol. The minimum absolute atomic E-state index is 0.495. The third-order valence-electron chi connectivity index (χ3n) is 2.07. The maximum absolute atomic E-state index is 10.6. The fraction of sp³-hybridized carbons (Fsp3) is 0. The van der Waals surface area contributed by atoms with Gasteiger partial charge in [-0.15, -0.1) is 0 Å². The van der Waals surface area contributed by atoms with E-state index in [1.54, 1.807) is 11.2 Å². The Morgan fingerprint density at radius 1 is 1.38 bits per heavy atom. The number of rotatable bonds is 2. The standard InChI is InChI=1S/C12H11N3O/c13-12(16)7-9-15-8-3-5-10-4-1-2-6-11(10)14-15/h1-9H,(H2,13,16). The second kappa shape index (κ2) is 4.44. The Kier molecular flexibility index (Phi) is 2.82. The van der Waals surface area contributed by atoms with Crippen molar-refractivity contribution in [1.82, 2.24) is 5.01 Å². The molecule has 4 heteroatoms. The van der Waals surface area contributed by atoms with Gasteiger partial charge in [-0.05, 0) is 12.1 Å². The van der Waals surface area contributed by atoms with E-state index in [0.717, 1.165) is 10.6 Å². The summed E-state index contributed by atoms with van der Waals surface area (Å²) < 4.78 is 0. The van der Waals surface area contributed by atoms with Crippen LogP contribution in [0.2, 0.25) is 0 Å². The number of amides is 1. The summed E-state index contributed by atoms with van der Waals surface area (Å²) in [6, 6.07) is 7.75. The summed E-state index contributed by atoms with van der Waals surface area (Å²) in [6.07, 6.45) is 8.35. The Balaban J connectivity index is 2.41. The number of carbonyl (C=O) groups is 1. The highest BCUT2D eigenvalue weighted by atomic mass is 16.1. The number of nitrogens with two attached hydrogens (primary N) is 1. The molecule has 0 saturated heterocycles. The highest BCUT2D eigenvalue weighted by Crippen LogP contribution is 1.94. The van der Waals surface area contributed by atoms with Crippen molar-refractivity contribution < 1.29 is 4.79 Å². The number of allylic oxidation sites excluding steroid dienone is 1. The van der Waals surface area contributed by atoms with Gasteiger partial charge in [0.25, 0.3) is 0 Å². The molecule has 4 nitrogen and oxygen atoms in total. The van der Waals surface area contributed by atoms with Crippen molar-refractivity contribution in [3.8, 4) is 0 Å². The second-order valence-electron chi connectivity index (χ2n) is 3.27. The molecule has 80 valence electrons. The van der Waals surface area contributed by atoms with Gasteiger partial charge in [0.15, 0.2) is 0 Å². The zero-order valence-corrected chi connectivity index (χ0v) is 8.58. The molecule has 1 aromatic carbocycles. The van der Waals surface area contributed by atoms with Crippen LogP contribution in [0.15, 0.2) is 53.9 Å². The van der Waals surface area contributed by atoms with Crippen LogP contribution < -0.4 is 16.3 Å². The second-order valence-corrected chi connectivity index (χ2v) is 3.27. The zero-order chi connectivity index (χ0) is 11.4. The third-order valence-corrected chi connectivity index (χ3v) is 2.07. The number of nitrogens with zero attached hydrogens (tertiary/aromatic N) is 2. The van der Waals surface area contributed by atoms with Crippen LogP contribution in [0.1, 0.15) is 0 Å². The molecule has 0 radical (unpaired) electrons. The van der Waals surface area contributed by atoms with E-state index in [2.05, 4.69) is 5.10 Å². The summed E-state index contributed by atoms with van der Waals surface area (Å²) >= 11 is 0. The molecule has 0 spiro atoms. The lowest BCUT2D eigenvalue weighted by Gasteiger charge is -2.05. The summed E-state index contributed by atoms with van der Waals surface area (Å²) in [7, 11) is 0. The summed E-state index contributed by atoms with van der Waals surface area (Å²) in [4.78, 5) is 10.6. The first kappa shape index (κ1) is 10.2. The van der Waals surface area contributed by atoms with Gasteiger partial charge in [0, 0.05) is 23.7 Å². The van der Waals surface area contributed by atoms with Crippen molar-refractivity contribution in [3.63, 3.8) is 0 Å². The van der Waals surface area contributed by atoms with E-state index in [-0.39, 0.29) is 0 Å². The van der Waals surface area contributed by atoms with Gasteiger partial charge < -0.3 is 5.73 Å². The van der Waals surface area contributed by atoms with Crippen molar-refractivity contribution in [2.45, 2.75) is 0 Å². The molecule has 1 amide bonds. The maximum atomic E-state index is 10.6. The van der Waals surface area contributed by atoms with Crippen LogP contribution in [0.5, 0.6) is 0 Å². The highest BCUT2D eigenvalue weighted by molar-refractivity contribution is 5.85. The van der Waals surface area contributed by atoms with Crippen molar-refractivity contribution in [1.29, 1.82) is 0 Å². The average Bonchev–Trinajstić information content (AvgIpc) is 2.47. The molecule has 2 rings (SSSR count). The first-order valence-corrected chi connectivity index (χ1v) is 4.84. The van der Waals surface area contributed by atoms with E-state index in [9.17, 15) is 4.79 Å². The molecule has 1 aliphatic heterocycles. The Hall–Kier alpha value is -2.36. The largest absolute Gasteiger partial charge is 0.366 e. The number of fused-ring (bicyclic) bond motifs is 1. The number of hydrogen-bond donors (Lipinski definition) is 1. The molecule has 2 N–H and O–H groups in total. The molecule has 0 atom stereocenters. The predicted molar refractivity (Wildman–Crippen MR) is 61.0 cm³/mol. The Labute approximate surface area is 92.7 Å². The minimum Gasteiger partial charge on any atom is -0.366 e. The van der Waals surface area contributed by atoms with E-state index < -0.39 is 5.91 Å². The molecular weight excluding hydrogens is 202 g/mol. The van der Waals surface area contributed by atoms with Gasteiger partial charge in [-0.1, -0.05) is 24.3 Å². The number of carbonyl (C=O) groups excluding carboxylic acids is 1. The van der Waals surface area contributed by atoms with E-state index >= 15 is 0 Å². The van der Waals surface area contributed by atoms with Gasteiger partial charge in [-0.2, -0.15) is 5.10 Å². The normalized spacial score (nSPS) is 13.9. The molecule has 1 aliphatic rings. The highest BCUT2D eigenvalue weighted by Gasteiger charge is 1.94.